The van der Waals surface area contributed by atoms with Gasteiger partial charge in [0.25, 0.3) is 0 Å². The second-order valence-electron chi connectivity index (χ2n) is 8.65. The Morgan fingerprint density at radius 1 is 0.840 bits per heavy atom. The van der Waals surface area contributed by atoms with Gasteiger partial charge in [-0.05, 0) is 31.6 Å². The number of unbranched alkanes of at least 4 members (excludes halogenated alkanes) is 2. The number of hydrogen-bond donors (Lipinski definition) is 1. The molecular formula is C21H46ClN3. The van der Waals surface area contributed by atoms with Crippen molar-refractivity contribution in [3.05, 3.63) is 0 Å². The lowest BCUT2D eigenvalue weighted by molar-refractivity contribution is 0.0182. The van der Waals surface area contributed by atoms with Crippen molar-refractivity contribution in [1.82, 2.24) is 9.80 Å². The molecule has 0 bridgehead atoms. The van der Waals surface area contributed by atoms with E-state index >= 15 is 0 Å². The van der Waals surface area contributed by atoms with E-state index in [9.17, 15) is 0 Å². The van der Waals surface area contributed by atoms with Crippen LogP contribution in [0.5, 0.6) is 0 Å². The quantitative estimate of drug-likeness (QED) is 0.513. The molecule has 152 valence electrons. The summed E-state index contributed by atoms with van der Waals surface area (Å²) in [6.07, 6.45) is 10.7. The molecule has 0 saturated carbocycles. The molecule has 0 aromatic carbocycles. The van der Waals surface area contributed by atoms with Gasteiger partial charge < -0.3 is 5.73 Å². The van der Waals surface area contributed by atoms with Gasteiger partial charge in [0.05, 0.1) is 6.67 Å². The summed E-state index contributed by atoms with van der Waals surface area (Å²) in [6, 6.07) is 0. The molecule has 0 amide bonds. The maximum Gasteiger partial charge on any atom is 0.0507 e. The predicted molar refractivity (Wildman–Crippen MR) is 114 cm³/mol. The van der Waals surface area contributed by atoms with Crippen LogP contribution in [0.3, 0.4) is 0 Å². The average Bonchev–Trinajstić information content (AvgIpc) is 2.53. The van der Waals surface area contributed by atoms with E-state index in [1.165, 1.54) is 64.5 Å². The molecule has 0 aromatic rings. The molecule has 0 aromatic heterocycles. The first-order valence-electron chi connectivity index (χ1n) is 10.7. The number of nitrogens with zero attached hydrogens (tertiary/aromatic N) is 2. The number of hydrogen-bond acceptors (Lipinski definition) is 3. The van der Waals surface area contributed by atoms with Crippen LogP contribution in [0.1, 0.15) is 86.0 Å². The van der Waals surface area contributed by atoms with E-state index in [1.54, 1.807) is 0 Å². The van der Waals surface area contributed by atoms with Gasteiger partial charge in [0.2, 0.25) is 0 Å². The highest BCUT2D eigenvalue weighted by atomic mass is 35.5. The third-order valence-electron chi connectivity index (χ3n) is 5.69. The van der Waals surface area contributed by atoms with Crippen molar-refractivity contribution >= 4 is 12.4 Å². The summed E-state index contributed by atoms with van der Waals surface area (Å²) in [5, 5.41) is 0. The highest BCUT2D eigenvalue weighted by Gasteiger charge is 2.33. The van der Waals surface area contributed by atoms with E-state index in [0.717, 1.165) is 31.6 Å². The Bertz CT molecular complexity index is 294. The molecule has 1 fully saturated rings. The van der Waals surface area contributed by atoms with Crippen molar-refractivity contribution < 1.29 is 0 Å². The fourth-order valence-electron chi connectivity index (χ4n) is 4.26. The minimum absolute atomic E-state index is 0. The van der Waals surface area contributed by atoms with Crippen molar-refractivity contribution in [2.45, 2.75) is 91.5 Å². The van der Waals surface area contributed by atoms with Crippen molar-refractivity contribution in [2.24, 2.45) is 17.6 Å². The molecule has 0 aliphatic carbocycles. The molecule has 0 radical (unpaired) electrons. The summed E-state index contributed by atoms with van der Waals surface area (Å²) in [7, 11) is 0. The third-order valence-corrected chi connectivity index (χ3v) is 5.69. The zero-order valence-electron chi connectivity index (χ0n) is 17.7. The summed E-state index contributed by atoms with van der Waals surface area (Å²) in [5.41, 5.74) is 6.54. The van der Waals surface area contributed by atoms with Crippen molar-refractivity contribution in [3.8, 4) is 0 Å². The first-order valence-corrected chi connectivity index (χ1v) is 10.7. The fourth-order valence-corrected chi connectivity index (χ4v) is 4.26. The molecular weight excluding hydrogens is 330 g/mol. The average molecular weight is 376 g/mol. The molecule has 3 nitrogen and oxygen atoms in total. The standard InChI is InChI=1S/C21H45N3.ClH/c1-6-10-12-19(8-3)14-23-16-21(5,22)17-24(18-23)15-20(9-4)13-11-7-2;/h19-20H,6-18,22H2,1-5H3;1H. The van der Waals surface area contributed by atoms with Crippen molar-refractivity contribution in [3.63, 3.8) is 0 Å². The summed E-state index contributed by atoms with van der Waals surface area (Å²) in [5.74, 6) is 1.67. The Labute approximate surface area is 164 Å². The predicted octanol–water partition coefficient (Wildman–Crippen LogP) is 5.13. The van der Waals surface area contributed by atoms with Crippen LogP contribution in [-0.2, 0) is 0 Å². The molecule has 1 rings (SSSR count). The van der Waals surface area contributed by atoms with Crippen LogP contribution < -0.4 is 5.73 Å². The second kappa shape index (κ2) is 13.4. The van der Waals surface area contributed by atoms with Gasteiger partial charge in [-0.3, -0.25) is 9.80 Å². The molecule has 0 spiro atoms. The maximum absolute atomic E-state index is 6.61. The Balaban J connectivity index is 0.00000576. The van der Waals surface area contributed by atoms with Gasteiger partial charge >= 0.3 is 0 Å². The zero-order valence-corrected chi connectivity index (χ0v) is 18.5. The van der Waals surface area contributed by atoms with Gasteiger partial charge in [-0.15, -0.1) is 12.4 Å². The van der Waals surface area contributed by atoms with Gasteiger partial charge in [-0.1, -0.05) is 66.2 Å². The summed E-state index contributed by atoms with van der Waals surface area (Å²) in [4.78, 5) is 5.28. The Hall–Kier alpha value is 0.170. The molecule has 1 aliphatic rings. The number of rotatable bonds is 12. The third kappa shape index (κ3) is 10.2. The van der Waals surface area contributed by atoms with Gasteiger partial charge in [0.1, 0.15) is 0 Å². The summed E-state index contributed by atoms with van der Waals surface area (Å²) >= 11 is 0. The highest BCUT2D eigenvalue weighted by molar-refractivity contribution is 5.85. The molecule has 2 unspecified atom stereocenters. The van der Waals surface area contributed by atoms with Crippen LogP contribution >= 0.6 is 12.4 Å². The monoisotopic (exact) mass is 375 g/mol. The summed E-state index contributed by atoms with van der Waals surface area (Å²) < 4.78 is 0. The molecule has 4 heteroatoms. The van der Waals surface area contributed by atoms with Crippen LogP contribution in [0, 0.1) is 11.8 Å². The van der Waals surface area contributed by atoms with E-state index < -0.39 is 0 Å². The van der Waals surface area contributed by atoms with Crippen LogP contribution in [0.15, 0.2) is 0 Å². The topological polar surface area (TPSA) is 32.5 Å². The number of nitrogens with two attached hydrogens (primary N) is 1. The summed E-state index contributed by atoms with van der Waals surface area (Å²) in [6.45, 7) is 17.2. The van der Waals surface area contributed by atoms with E-state index in [2.05, 4.69) is 44.4 Å². The maximum atomic E-state index is 6.61. The molecule has 1 saturated heterocycles. The van der Waals surface area contributed by atoms with E-state index in [0.29, 0.717) is 0 Å². The Kier molecular flexibility index (Phi) is 13.4. The van der Waals surface area contributed by atoms with Gasteiger partial charge in [-0.2, -0.15) is 0 Å². The first kappa shape index (κ1) is 25.2. The lowest BCUT2D eigenvalue weighted by atomic mass is 9.94. The minimum Gasteiger partial charge on any atom is -0.323 e. The van der Waals surface area contributed by atoms with Crippen molar-refractivity contribution in [2.75, 3.05) is 32.8 Å². The van der Waals surface area contributed by atoms with E-state index in [1.807, 2.05) is 0 Å². The first-order chi connectivity index (χ1) is 11.4. The van der Waals surface area contributed by atoms with Crippen LogP contribution in [0.25, 0.3) is 0 Å². The molecule has 25 heavy (non-hydrogen) atoms. The van der Waals surface area contributed by atoms with Gasteiger partial charge in [0.15, 0.2) is 0 Å². The van der Waals surface area contributed by atoms with E-state index in [-0.39, 0.29) is 17.9 Å². The smallest absolute Gasteiger partial charge is 0.0507 e. The zero-order chi connectivity index (χ0) is 18.0. The van der Waals surface area contributed by atoms with E-state index in [4.69, 9.17) is 5.73 Å². The SMILES string of the molecule is CCCCC(CC)CN1CN(CC(CC)CCCC)CC(C)(N)C1.Cl. The minimum atomic E-state index is -0.0651. The normalized spacial score (nSPS) is 24.7. The van der Waals surface area contributed by atoms with Crippen LogP contribution in [0.2, 0.25) is 0 Å². The molecule has 2 N–H and O–H groups in total. The molecule has 1 aliphatic heterocycles. The Morgan fingerprint density at radius 3 is 1.56 bits per heavy atom. The number of halogens is 1. The lowest BCUT2D eigenvalue weighted by Crippen LogP contribution is -2.63. The van der Waals surface area contributed by atoms with Crippen molar-refractivity contribution in [1.29, 1.82) is 0 Å². The lowest BCUT2D eigenvalue weighted by Gasteiger charge is -2.46. The molecule has 2 atom stereocenters. The van der Waals surface area contributed by atoms with Gasteiger partial charge in [0, 0.05) is 31.7 Å². The fraction of sp³-hybridized carbons (Fsp3) is 1.00. The van der Waals surface area contributed by atoms with Gasteiger partial charge in [-0.25, -0.2) is 0 Å². The van der Waals surface area contributed by atoms with Crippen LogP contribution in [-0.4, -0.2) is 48.2 Å². The van der Waals surface area contributed by atoms with Crippen LogP contribution in [0.4, 0.5) is 0 Å². The Morgan fingerprint density at radius 2 is 1.24 bits per heavy atom. The molecule has 1 heterocycles. The largest absolute Gasteiger partial charge is 0.323 e. The second-order valence-corrected chi connectivity index (χ2v) is 8.65. The highest BCUT2D eigenvalue weighted by Crippen LogP contribution is 2.22.